The van der Waals surface area contributed by atoms with Crippen molar-refractivity contribution in [3.63, 3.8) is 0 Å². The first-order chi connectivity index (χ1) is 14.4. The maximum absolute atomic E-state index is 13.4. The monoisotopic (exact) mass is 422 g/mol. The molecule has 0 saturated carbocycles. The van der Waals surface area contributed by atoms with E-state index in [0.717, 1.165) is 16.9 Å². The number of nitrogens with zero attached hydrogens (tertiary/aromatic N) is 2. The number of para-hydroxylation sites is 1. The van der Waals surface area contributed by atoms with Gasteiger partial charge < -0.3 is 4.74 Å². The van der Waals surface area contributed by atoms with Crippen LogP contribution in [0.3, 0.4) is 0 Å². The van der Waals surface area contributed by atoms with E-state index in [-0.39, 0.29) is 17.3 Å². The van der Waals surface area contributed by atoms with Crippen LogP contribution in [-0.4, -0.2) is 24.2 Å². The normalized spacial score (nSPS) is 11.4. The first-order valence-corrected chi connectivity index (χ1v) is 11.1. The number of halogens is 1. The molecule has 0 radical (unpaired) electrons. The Bertz CT molecular complexity index is 1250. The molecule has 0 fully saturated rings. The van der Waals surface area contributed by atoms with Crippen LogP contribution >= 0.6 is 0 Å². The molecule has 5 nitrogen and oxygen atoms in total. The van der Waals surface area contributed by atoms with Gasteiger partial charge in [0.25, 0.3) is 0 Å². The minimum absolute atomic E-state index is 0.207. The van der Waals surface area contributed by atoms with E-state index in [1.54, 1.807) is 42.6 Å². The summed E-state index contributed by atoms with van der Waals surface area (Å²) in [6.07, 6.45) is 2.86. The van der Waals surface area contributed by atoms with Gasteiger partial charge in [-0.2, -0.15) is 0 Å². The summed E-state index contributed by atoms with van der Waals surface area (Å²) in [7, 11) is -3.30. The predicted molar refractivity (Wildman–Crippen MR) is 113 cm³/mol. The van der Waals surface area contributed by atoms with Crippen molar-refractivity contribution in [2.24, 2.45) is 0 Å². The number of hydrogen-bond acceptors (Lipinski definition) is 4. The van der Waals surface area contributed by atoms with E-state index < -0.39 is 9.84 Å². The minimum atomic E-state index is -3.30. The van der Waals surface area contributed by atoms with E-state index in [1.807, 2.05) is 34.9 Å². The van der Waals surface area contributed by atoms with E-state index >= 15 is 0 Å². The van der Waals surface area contributed by atoms with Crippen molar-refractivity contribution < 1.29 is 17.5 Å². The van der Waals surface area contributed by atoms with Gasteiger partial charge in [0.2, 0.25) is 0 Å². The van der Waals surface area contributed by atoms with Crippen molar-refractivity contribution in [2.75, 3.05) is 6.26 Å². The second-order valence-electron chi connectivity index (χ2n) is 6.77. The molecule has 0 spiro atoms. The molecule has 0 aliphatic carbocycles. The van der Waals surface area contributed by atoms with Crippen LogP contribution in [0.15, 0.2) is 90.0 Å². The van der Waals surface area contributed by atoms with Crippen LogP contribution in [0, 0.1) is 5.82 Å². The molecule has 152 valence electrons. The summed E-state index contributed by atoms with van der Waals surface area (Å²) >= 11 is 0. The highest BCUT2D eigenvalue weighted by molar-refractivity contribution is 7.90. The van der Waals surface area contributed by atoms with Gasteiger partial charge in [-0.05, 0) is 60.7 Å². The summed E-state index contributed by atoms with van der Waals surface area (Å²) in [5.41, 5.74) is 2.25. The molecule has 30 heavy (non-hydrogen) atoms. The topological polar surface area (TPSA) is 61.2 Å². The maximum Gasteiger partial charge on any atom is 0.175 e. The Labute approximate surface area is 174 Å². The molecule has 7 heteroatoms. The van der Waals surface area contributed by atoms with Gasteiger partial charge in [-0.15, -0.1) is 0 Å². The van der Waals surface area contributed by atoms with Crippen molar-refractivity contribution in [2.45, 2.75) is 11.5 Å². The molecule has 0 atom stereocenters. The van der Waals surface area contributed by atoms with Crippen LogP contribution in [0.25, 0.3) is 16.9 Å². The lowest BCUT2D eigenvalue weighted by atomic mass is 10.1. The number of sulfone groups is 1. The fourth-order valence-electron chi connectivity index (χ4n) is 3.11. The van der Waals surface area contributed by atoms with Crippen molar-refractivity contribution in [3.8, 4) is 22.7 Å². The largest absolute Gasteiger partial charge is 0.486 e. The lowest BCUT2D eigenvalue weighted by Crippen LogP contribution is -2.07. The zero-order valence-corrected chi connectivity index (χ0v) is 17.0. The molecular weight excluding hydrogens is 403 g/mol. The third-order valence-electron chi connectivity index (χ3n) is 4.61. The van der Waals surface area contributed by atoms with Gasteiger partial charge in [-0.3, -0.25) is 4.57 Å². The fourth-order valence-corrected chi connectivity index (χ4v) is 3.74. The smallest absolute Gasteiger partial charge is 0.175 e. The predicted octanol–water partition coefficient (Wildman–Crippen LogP) is 4.66. The first-order valence-electron chi connectivity index (χ1n) is 9.23. The van der Waals surface area contributed by atoms with E-state index in [1.165, 1.54) is 18.4 Å². The SMILES string of the molecule is CS(=O)(=O)c1ccc(-n2c(-c3ccc(F)cc3)cnc2COc2ccccc2)cc1. The molecule has 0 unspecified atom stereocenters. The van der Waals surface area contributed by atoms with Crippen molar-refractivity contribution in [1.82, 2.24) is 9.55 Å². The van der Waals surface area contributed by atoms with Gasteiger partial charge in [0.15, 0.2) is 15.7 Å². The van der Waals surface area contributed by atoms with Crippen LogP contribution in [0.1, 0.15) is 5.82 Å². The Morgan fingerprint density at radius 3 is 2.23 bits per heavy atom. The third kappa shape index (κ3) is 4.26. The molecule has 3 aromatic carbocycles. The number of ether oxygens (including phenoxy) is 1. The molecule has 1 heterocycles. The van der Waals surface area contributed by atoms with E-state index in [2.05, 4.69) is 4.98 Å². The van der Waals surface area contributed by atoms with Gasteiger partial charge in [0.05, 0.1) is 16.8 Å². The zero-order chi connectivity index (χ0) is 21.1. The van der Waals surface area contributed by atoms with Gasteiger partial charge in [0, 0.05) is 17.5 Å². The lowest BCUT2D eigenvalue weighted by Gasteiger charge is -2.14. The third-order valence-corrected chi connectivity index (χ3v) is 5.74. The summed E-state index contributed by atoms with van der Waals surface area (Å²) < 4.78 is 44.7. The van der Waals surface area contributed by atoms with Crippen molar-refractivity contribution in [3.05, 3.63) is 96.7 Å². The Hall–Kier alpha value is -3.45. The van der Waals surface area contributed by atoms with Crippen LogP contribution in [0.2, 0.25) is 0 Å². The van der Waals surface area contributed by atoms with Gasteiger partial charge in [-0.25, -0.2) is 17.8 Å². The molecule has 0 aliphatic rings. The summed E-state index contributed by atoms with van der Waals surface area (Å²) in [5, 5.41) is 0. The fraction of sp³-hybridized carbons (Fsp3) is 0.0870. The van der Waals surface area contributed by atoms with E-state index in [0.29, 0.717) is 11.6 Å². The van der Waals surface area contributed by atoms with E-state index in [9.17, 15) is 12.8 Å². The average molecular weight is 422 g/mol. The Morgan fingerprint density at radius 2 is 1.60 bits per heavy atom. The highest BCUT2D eigenvalue weighted by Crippen LogP contribution is 2.27. The van der Waals surface area contributed by atoms with Crippen LogP contribution in [-0.2, 0) is 16.4 Å². The van der Waals surface area contributed by atoms with Gasteiger partial charge in [0.1, 0.15) is 18.2 Å². The molecule has 1 aromatic heterocycles. The summed E-state index contributed by atoms with van der Waals surface area (Å²) in [5.74, 6) is 1.02. The summed E-state index contributed by atoms with van der Waals surface area (Å²) in [6, 6.07) is 22.1. The molecule has 0 saturated heterocycles. The number of imidazole rings is 1. The molecule has 0 N–H and O–H groups in total. The first kappa shape index (κ1) is 19.8. The molecular formula is C23H19FN2O3S. The molecule has 0 amide bonds. The quantitative estimate of drug-likeness (QED) is 0.453. The number of benzene rings is 3. The second-order valence-corrected chi connectivity index (χ2v) is 8.79. The molecule has 4 rings (SSSR count). The van der Waals surface area contributed by atoms with Crippen LogP contribution < -0.4 is 4.74 Å². The molecule has 4 aromatic rings. The molecule has 0 bridgehead atoms. The van der Waals surface area contributed by atoms with Crippen molar-refractivity contribution in [1.29, 1.82) is 0 Å². The van der Waals surface area contributed by atoms with Gasteiger partial charge in [-0.1, -0.05) is 18.2 Å². The minimum Gasteiger partial charge on any atom is -0.486 e. The van der Waals surface area contributed by atoms with Gasteiger partial charge >= 0.3 is 0 Å². The highest BCUT2D eigenvalue weighted by Gasteiger charge is 2.15. The Morgan fingerprint density at radius 1 is 0.933 bits per heavy atom. The Balaban J connectivity index is 1.76. The summed E-state index contributed by atoms with van der Waals surface area (Å²) in [6.45, 7) is 0.207. The number of hydrogen-bond donors (Lipinski definition) is 0. The lowest BCUT2D eigenvalue weighted by molar-refractivity contribution is 0.294. The number of rotatable bonds is 6. The number of aromatic nitrogens is 2. The second kappa shape index (κ2) is 8.12. The van der Waals surface area contributed by atoms with Crippen LogP contribution in [0.5, 0.6) is 5.75 Å². The van der Waals surface area contributed by atoms with E-state index in [4.69, 9.17) is 4.74 Å². The molecule has 0 aliphatic heterocycles. The summed E-state index contributed by atoms with van der Waals surface area (Å²) in [4.78, 5) is 4.74. The highest BCUT2D eigenvalue weighted by atomic mass is 32.2. The zero-order valence-electron chi connectivity index (χ0n) is 16.2. The average Bonchev–Trinajstić information content (AvgIpc) is 3.17. The maximum atomic E-state index is 13.4. The van der Waals surface area contributed by atoms with Crippen LogP contribution in [0.4, 0.5) is 4.39 Å². The Kier molecular flexibility index (Phi) is 5.37. The van der Waals surface area contributed by atoms with Crippen molar-refractivity contribution >= 4 is 9.84 Å². The standard InChI is InChI=1S/C23H19FN2O3S/c1-30(27,28)21-13-11-19(12-14-21)26-22(17-7-9-18(24)10-8-17)15-25-23(26)16-29-20-5-3-2-4-6-20/h2-15H,16H2,1H3.